The van der Waals surface area contributed by atoms with E-state index in [2.05, 4.69) is 10.5 Å². The maximum absolute atomic E-state index is 14.0. The number of carbonyl (C=O) groups is 1. The maximum Gasteiger partial charge on any atom is 0.273 e. The van der Waals surface area contributed by atoms with Crippen LogP contribution in [0.1, 0.15) is 47.5 Å². The Morgan fingerprint density at radius 3 is 2.87 bits per heavy atom. The van der Waals surface area contributed by atoms with Crippen LogP contribution in [-0.2, 0) is 10.3 Å². The monoisotopic (exact) mass is 318 g/mol. The fourth-order valence-electron chi connectivity index (χ4n) is 2.46. The molecule has 2 aromatic rings. The van der Waals surface area contributed by atoms with Crippen molar-refractivity contribution in [2.75, 3.05) is 13.7 Å². The summed E-state index contributed by atoms with van der Waals surface area (Å²) in [4.78, 5) is 12.2. The van der Waals surface area contributed by atoms with Crippen LogP contribution in [0, 0.1) is 5.82 Å². The van der Waals surface area contributed by atoms with E-state index in [1.807, 2.05) is 0 Å². The molecule has 5 nitrogen and oxygen atoms in total. The molecule has 0 radical (unpaired) electrons. The van der Waals surface area contributed by atoms with Gasteiger partial charge in [-0.15, -0.1) is 0 Å². The normalized spacial score (nSPS) is 16.8. The third kappa shape index (κ3) is 3.27. The van der Waals surface area contributed by atoms with E-state index in [9.17, 15) is 9.18 Å². The Labute approximate surface area is 133 Å². The average molecular weight is 318 g/mol. The van der Waals surface area contributed by atoms with Crippen LogP contribution in [-0.4, -0.2) is 24.7 Å². The predicted octanol–water partition coefficient (Wildman–Crippen LogP) is 2.98. The Hall–Kier alpha value is -2.21. The van der Waals surface area contributed by atoms with Gasteiger partial charge in [-0.1, -0.05) is 23.4 Å². The average Bonchev–Trinajstić information content (AvgIpc) is 3.30. The van der Waals surface area contributed by atoms with Gasteiger partial charge in [0.1, 0.15) is 17.2 Å². The first-order valence-corrected chi connectivity index (χ1v) is 7.58. The summed E-state index contributed by atoms with van der Waals surface area (Å²) in [5.74, 6) is 0.411. The number of methoxy groups -OCH3 is 1. The van der Waals surface area contributed by atoms with Gasteiger partial charge in [-0.25, -0.2) is 4.39 Å². The molecule has 1 N–H and O–H groups in total. The van der Waals surface area contributed by atoms with Crippen LogP contribution in [0.3, 0.4) is 0 Å². The van der Waals surface area contributed by atoms with Crippen molar-refractivity contribution in [1.82, 2.24) is 10.5 Å². The third-order valence-corrected chi connectivity index (χ3v) is 4.22. The summed E-state index contributed by atoms with van der Waals surface area (Å²) in [6.45, 7) is 1.85. The van der Waals surface area contributed by atoms with E-state index in [0.29, 0.717) is 11.5 Å². The van der Waals surface area contributed by atoms with E-state index >= 15 is 0 Å². The number of amides is 1. The number of carbonyl (C=O) groups excluding carboxylic acids is 1. The minimum atomic E-state index is -0.968. The Kier molecular flexibility index (Phi) is 4.17. The van der Waals surface area contributed by atoms with E-state index in [1.165, 1.54) is 13.2 Å². The zero-order valence-corrected chi connectivity index (χ0v) is 13.1. The molecule has 6 heteroatoms. The van der Waals surface area contributed by atoms with Crippen LogP contribution < -0.4 is 5.32 Å². The summed E-state index contributed by atoms with van der Waals surface area (Å²) in [5, 5.41) is 6.53. The van der Waals surface area contributed by atoms with Gasteiger partial charge in [0.05, 0.1) is 6.54 Å². The molecule has 0 saturated heterocycles. The molecule has 1 fully saturated rings. The first-order chi connectivity index (χ1) is 11.0. The number of hydrogen-bond donors (Lipinski definition) is 1. The standard InChI is InChI=1S/C17H19FN2O3/c1-17(22-2,12-5-3-4-6-13(12)18)10-19-16(21)14-9-15(23-20-14)11-7-8-11/h3-6,9,11H,7-8,10H2,1-2H3,(H,19,21)/t17-/m0/s1. The van der Waals surface area contributed by atoms with Crippen molar-refractivity contribution in [3.63, 3.8) is 0 Å². The van der Waals surface area contributed by atoms with E-state index in [4.69, 9.17) is 9.26 Å². The van der Waals surface area contributed by atoms with Crippen LogP contribution >= 0.6 is 0 Å². The third-order valence-electron chi connectivity index (χ3n) is 4.22. The molecule has 0 bridgehead atoms. The second-order valence-corrected chi connectivity index (χ2v) is 5.99. The first-order valence-electron chi connectivity index (χ1n) is 7.58. The second-order valence-electron chi connectivity index (χ2n) is 5.99. The minimum absolute atomic E-state index is 0.120. The molecule has 1 saturated carbocycles. The van der Waals surface area contributed by atoms with E-state index in [1.54, 1.807) is 31.2 Å². The zero-order chi connectivity index (χ0) is 16.4. The van der Waals surface area contributed by atoms with Crippen molar-refractivity contribution in [3.8, 4) is 0 Å². The van der Waals surface area contributed by atoms with Crippen molar-refractivity contribution >= 4 is 5.91 Å². The SMILES string of the molecule is CO[C@@](C)(CNC(=O)c1cc(C2CC2)on1)c1ccccc1F. The Morgan fingerprint density at radius 1 is 1.48 bits per heavy atom. The smallest absolute Gasteiger partial charge is 0.273 e. The van der Waals surface area contributed by atoms with Gasteiger partial charge in [-0.2, -0.15) is 0 Å². The predicted molar refractivity (Wildman–Crippen MR) is 81.6 cm³/mol. The van der Waals surface area contributed by atoms with E-state index in [0.717, 1.165) is 18.6 Å². The number of aromatic nitrogens is 1. The zero-order valence-electron chi connectivity index (χ0n) is 13.1. The minimum Gasteiger partial charge on any atom is -0.372 e. The second kappa shape index (κ2) is 6.12. The van der Waals surface area contributed by atoms with E-state index in [-0.39, 0.29) is 24.0 Å². The molecule has 1 amide bonds. The Balaban J connectivity index is 1.69. The molecule has 1 atom stereocenters. The van der Waals surface area contributed by atoms with Gasteiger partial charge in [0, 0.05) is 24.7 Å². The molecule has 23 heavy (non-hydrogen) atoms. The lowest BCUT2D eigenvalue weighted by atomic mass is 9.95. The highest BCUT2D eigenvalue weighted by Gasteiger charge is 2.31. The number of nitrogens with one attached hydrogen (secondary N) is 1. The van der Waals surface area contributed by atoms with Gasteiger partial charge < -0.3 is 14.6 Å². The highest BCUT2D eigenvalue weighted by Crippen LogP contribution is 2.40. The first kappa shape index (κ1) is 15.7. The highest BCUT2D eigenvalue weighted by molar-refractivity contribution is 5.92. The number of halogens is 1. The largest absolute Gasteiger partial charge is 0.372 e. The lowest BCUT2D eigenvalue weighted by molar-refractivity contribution is 0.000320. The van der Waals surface area contributed by atoms with Gasteiger partial charge in [-0.3, -0.25) is 4.79 Å². The van der Waals surface area contributed by atoms with E-state index < -0.39 is 5.60 Å². The molecule has 1 aliphatic carbocycles. The van der Waals surface area contributed by atoms with Gasteiger partial charge in [0.25, 0.3) is 5.91 Å². The summed E-state index contributed by atoms with van der Waals surface area (Å²) < 4.78 is 24.6. The van der Waals surface area contributed by atoms with Crippen molar-refractivity contribution in [2.45, 2.75) is 31.3 Å². The van der Waals surface area contributed by atoms with Crippen LogP contribution in [0.2, 0.25) is 0 Å². The summed E-state index contributed by atoms with van der Waals surface area (Å²) >= 11 is 0. The topological polar surface area (TPSA) is 64.4 Å². The molecule has 1 heterocycles. The summed E-state index contributed by atoms with van der Waals surface area (Å²) in [7, 11) is 1.49. The molecule has 1 aliphatic rings. The lowest BCUT2D eigenvalue weighted by Gasteiger charge is -2.29. The summed E-state index contributed by atoms with van der Waals surface area (Å²) in [5.41, 5.74) is -0.343. The summed E-state index contributed by atoms with van der Waals surface area (Å²) in [6.07, 6.45) is 2.15. The number of nitrogens with zero attached hydrogens (tertiary/aromatic N) is 1. The molecule has 122 valence electrons. The molecule has 3 rings (SSSR count). The van der Waals surface area contributed by atoms with Gasteiger partial charge >= 0.3 is 0 Å². The Bertz CT molecular complexity index is 711. The fraction of sp³-hybridized carbons (Fsp3) is 0.412. The number of ether oxygens (including phenoxy) is 1. The van der Waals surface area contributed by atoms with Gasteiger partial charge in [0.15, 0.2) is 5.69 Å². The number of rotatable bonds is 6. The molecule has 0 unspecified atom stereocenters. The van der Waals surface area contributed by atoms with Crippen LogP contribution in [0.4, 0.5) is 4.39 Å². The van der Waals surface area contributed by atoms with Crippen LogP contribution in [0.25, 0.3) is 0 Å². The quantitative estimate of drug-likeness (QED) is 0.889. The highest BCUT2D eigenvalue weighted by atomic mass is 19.1. The fourth-order valence-corrected chi connectivity index (χ4v) is 2.46. The molecular weight excluding hydrogens is 299 g/mol. The van der Waals surface area contributed by atoms with Crippen molar-refractivity contribution in [3.05, 3.63) is 53.2 Å². The van der Waals surface area contributed by atoms with Crippen LogP contribution in [0.15, 0.2) is 34.9 Å². The lowest BCUT2D eigenvalue weighted by Crippen LogP contribution is -2.40. The van der Waals surface area contributed by atoms with Crippen molar-refractivity contribution < 1.29 is 18.4 Å². The maximum atomic E-state index is 14.0. The van der Waals surface area contributed by atoms with Crippen molar-refractivity contribution in [2.24, 2.45) is 0 Å². The summed E-state index contributed by atoms with van der Waals surface area (Å²) in [6, 6.07) is 8.03. The number of benzene rings is 1. The Morgan fingerprint density at radius 2 is 2.22 bits per heavy atom. The molecule has 1 aromatic heterocycles. The van der Waals surface area contributed by atoms with Crippen LogP contribution in [0.5, 0.6) is 0 Å². The molecule has 0 aliphatic heterocycles. The molecule has 0 spiro atoms. The van der Waals surface area contributed by atoms with Crippen molar-refractivity contribution in [1.29, 1.82) is 0 Å². The number of hydrogen-bond acceptors (Lipinski definition) is 4. The van der Waals surface area contributed by atoms with Gasteiger partial charge in [0.2, 0.25) is 0 Å². The molecule has 1 aromatic carbocycles. The van der Waals surface area contributed by atoms with Gasteiger partial charge in [-0.05, 0) is 25.8 Å². The molecular formula is C17H19FN2O3.